The highest BCUT2D eigenvalue weighted by molar-refractivity contribution is 5.26. The fraction of sp³-hybridized carbons (Fsp3) is 0.571. The average molecular weight is 205 g/mol. The lowest BCUT2D eigenvalue weighted by Crippen LogP contribution is -2.31. The van der Waals surface area contributed by atoms with Gasteiger partial charge in [0.1, 0.15) is 0 Å². The van der Waals surface area contributed by atoms with Crippen molar-refractivity contribution in [3.05, 3.63) is 35.4 Å². The second-order valence-corrected chi connectivity index (χ2v) is 5.05. The summed E-state index contributed by atoms with van der Waals surface area (Å²) in [7, 11) is 0. The lowest BCUT2D eigenvalue weighted by atomic mass is 9.84. The van der Waals surface area contributed by atoms with E-state index in [4.69, 9.17) is 0 Å². The van der Waals surface area contributed by atoms with E-state index in [1.54, 1.807) is 0 Å². The minimum absolute atomic E-state index is 0.335. The van der Waals surface area contributed by atoms with Crippen LogP contribution in [0.25, 0.3) is 0 Å². The molecule has 0 bridgehead atoms. The largest absolute Gasteiger partial charge is 0.316 e. The Balaban J connectivity index is 2.64. The van der Waals surface area contributed by atoms with Crippen LogP contribution < -0.4 is 5.32 Å². The van der Waals surface area contributed by atoms with Crippen molar-refractivity contribution in [3.63, 3.8) is 0 Å². The summed E-state index contributed by atoms with van der Waals surface area (Å²) in [6.45, 7) is 11.1. The van der Waals surface area contributed by atoms with Crippen LogP contribution in [0.4, 0.5) is 0 Å². The van der Waals surface area contributed by atoms with Gasteiger partial charge in [-0.25, -0.2) is 0 Å². The molecule has 1 aromatic rings. The molecule has 0 saturated carbocycles. The van der Waals surface area contributed by atoms with Crippen LogP contribution in [0.1, 0.15) is 31.9 Å². The number of hydrogen-bond donors (Lipinski definition) is 1. The molecule has 0 aromatic heterocycles. The van der Waals surface area contributed by atoms with Gasteiger partial charge in [-0.2, -0.15) is 0 Å². The predicted octanol–water partition coefficient (Wildman–Crippen LogP) is 3.17. The van der Waals surface area contributed by atoms with Crippen LogP contribution in [0.15, 0.2) is 24.3 Å². The van der Waals surface area contributed by atoms with Crippen LogP contribution in [0.3, 0.4) is 0 Å². The number of aryl methyl sites for hydroxylation is 1. The summed E-state index contributed by atoms with van der Waals surface area (Å²) in [6.07, 6.45) is 1.15. The van der Waals surface area contributed by atoms with Crippen molar-refractivity contribution in [2.24, 2.45) is 5.41 Å². The van der Waals surface area contributed by atoms with E-state index < -0.39 is 0 Å². The molecule has 0 saturated heterocycles. The smallest absolute Gasteiger partial charge is 0.000559 e. The third-order valence-electron chi connectivity index (χ3n) is 2.78. The summed E-state index contributed by atoms with van der Waals surface area (Å²) in [5, 5.41) is 3.43. The normalized spacial score (nSPS) is 11.7. The Morgan fingerprint density at radius 2 is 1.87 bits per heavy atom. The lowest BCUT2D eigenvalue weighted by Gasteiger charge is -2.25. The molecule has 0 unspecified atom stereocenters. The zero-order valence-electron chi connectivity index (χ0n) is 10.4. The molecule has 1 aromatic carbocycles. The van der Waals surface area contributed by atoms with E-state index in [0.29, 0.717) is 5.41 Å². The Kier molecular flexibility index (Phi) is 4.34. The van der Waals surface area contributed by atoms with Crippen molar-refractivity contribution in [3.8, 4) is 0 Å². The highest BCUT2D eigenvalue weighted by atomic mass is 14.9. The molecular weight excluding hydrogens is 182 g/mol. The molecule has 0 aliphatic heterocycles. The van der Waals surface area contributed by atoms with E-state index >= 15 is 0 Å². The molecule has 0 amide bonds. The number of hydrogen-bond acceptors (Lipinski definition) is 1. The van der Waals surface area contributed by atoms with Gasteiger partial charge in [0.2, 0.25) is 0 Å². The highest BCUT2D eigenvalue weighted by Crippen LogP contribution is 2.22. The predicted molar refractivity (Wildman–Crippen MR) is 67.2 cm³/mol. The third-order valence-corrected chi connectivity index (χ3v) is 2.78. The second-order valence-electron chi connectivity index (χ2n) is 5.05. The van der Waals surface area contributed by atoms with E-state index in [2.05, 4.69) is 57.3 Å². The van der Waals surface area contributed by atoms with E-state index in [1.807, 2.05) is 0 Å². The lowest BCUT2D eigenvalue weighted by molar-refractivity contribution is 0.341. The Bertz CT molecular complexity index is 302. The molecule has 1 rings (SSSR count). The van der Waals surface area contributed by atoms with Crippen molar-refractivity contribution >= 4 is 0 Å². The van der Waals surface area contributed by atoms with Crippen LogP contribution in [0, 0.1) is 12.3 Å². The van der Waals surface area contributed by atoms with Gasteiger partial charge in [-0.05, 0) is 36.4 Å². The second kappa shape index (κ2) is 5.32. The molecule has 0 fully saturated rings. The molecule has 1 nitrogen and oxygen atoms in total. The summed E-state index contributed by atoms with van der Waals surface area (Å²) >= 11 is 0. The van der Waals surface area contributed by atoms with Gasteiger partial charge in [0, 0.05) is 6.54 Å². The molecule has 0 radical (unpaired) electrons. The standard InChI is InChI=1S/C14H23N/c1-5-15-11-14(3,4)10-13-9-7-6-8-12(13)2/h6-9,15H,5,10-11H2,1-4H3. The van der Waals surface area contributed by atoms with Crippen LogP contribution in [-0.2, 0) is 6.42 Å². The first-order valence-corrected chi connectivity index (χ1v) is 5.80. The van der Waals surface area contributed by atoms with Crippen molar-refractivity contribution in [2.45, 2.75) is 34.1 Å². The van der Waals surface area contributed by atoms with Gasteiger partial charge in [-0.1, -0.05) is 45.0 Å². The van der Waals surface area contributed by atoms with Crippen molar-refractivity contribution in [1.29, 1.82) is 0 Å². The van der Waals surface area contributed by atoms with Gasteiger partial charge in [0.15, 0.2) is 0 Å². The maximum absolute atomic E-state index is 3.43. The summed E-state index contributed by atoms with van der Waals surface area (Å²) in [4.78, 5) is 0. The molecule has 0 spiro atoms. The fourth-order valence-electron chi connectivity index (χ4n) is 1.85. The Labute approximate surface area is 93.9 Å². The van der Waals surface area contributed by atoms with Crippen molar-refractivity contribution in [2.75, 3.05) is 13.1 Å². The summed E-state index contributed by atoms with van der Waals surface area (Å²) in [6, 6.07) is 8.67. The number of nitrogens with one attached hydrogen (secondary N) is 1. The summed E-state index contributed by atoms with van der Waals surface area (Å²) in [5.74, 6) is 0. The van der Waals surface area contributed by atoms with Gasteiger partial charge >= 0.3 is 0 Å². The molecule has 84 valence electrons. The molecule has 1 N–H and O–H groups in total. The third kappa shape index (κ3) is 4.05. The molecule has 15 heavy (non-hydrogen) atoms. The van der Waals surface area contributed by atoms with E-state index in [1.165, 1.54) is 11.1 Å². The van der Waals surface area contributed by atoms with Gasteiger partial charge in [-0.15, -0.1) is 0 Å². The van der Waals surface area contributed by atoms with E-state index in [0.717, 1.165) is 19.5 Å². The number of benzene rings is 1. The topological polar surface area (TPSA) is 12.0 Å². The highest BCUT2D eigenvalue weighted by Gasteiger charge is 2.18. The molecule has 0 heterocycles. The Hall–Kier alpha value is -0.820. The quantitative estimate of drug-likeness (QED) is 0.778. The minimum Gasteiger partial charge on any atom is -0.316 e. The first-order valence-electron chi connectivity index (χ1n) is 5.80. The van der Waals surface area contributed by atoms with Crippen LogP contribution >= 0.6 is 0 Å². The molecular formula is C14H23N. The van der Waals surface area contributed by atoms with Gasteiger partial charge in [-0.3, -0.25) is 0 Å². The zero-order valence-corrected chi connectivity index (χ0v) is 10.4. The monoisotopic (exact) mass is 205 g/mol. The number of rotatable bonds is 5. The molecule has 0 atom stereocenters. The van der Waals surface area contributed by atoms with Gasteiger partial charge in [0.05, 0.1) is 0 Å². The summed E-state index contributed by atoms with van der Waals surface area (Å²) < 4.78 is 0. The van der Waals surface area contributed by atoms with Gasteiger partial charge < -0.3 is 5.32 Å². The Morgan fingerprint density at radius 3 is 2.47 bits per heavy atom. The maximum Gasteiger partial charge on any atom is 0.000559 e. The first kappa shape index (κ1) is 12.3. The Morgan fingerprint density at radius 1 is 1.20 bits per heavy atom. The van der Waals surface area contributed by atoms with E-state index in [-0.39, 0.29) is 0 Å². The van der Waals surface area contributed by atoms with Crippen LogP contribution in [0.2, 0.25) is 0 Å². The van der Waals surface area contributed by atoms with E-state index in [9.17, 15) is 0 Å². The summed E-state index contributed by atoms with van der Waals surface area (Å²) in [5.41, 5.74) is 3.21. The van der Waals surface area contributed by atoms with Crippen LogP contribution in [-0.4, -0.2) is 13.1 Å². The van der Waals surface area contributed by atoms with Crippen molar-refractivity contribution < 1.29 is 0 Å². The maximum atomic E-state index is 3.43. The first-order chi connectivity index (χ1) is 7.05. The zero-order chi connectivity index (χ0) is 11.3. The van der Waals surface area contributed by atoms with Crippen molar-refractivity contribution in [1.82, 2.24) is 5.32 Å². The molecule has 0 aliphatic rings. The minimum atomic E-state index is 0.335. The fourth-order valence-corrected chi connectivity index (χ4v) is 1.85. The SMILES string of the molecule is CCNCC(C)(C)Cc1ccccc1C. The van der Waals surface area contributed by atoms with Gasteiger partial charge in [0.25, 0.3) is 0 Å². The molecule has 0 aliphatic carbocycles. The van der Waals surface area contributed by atoms with Crippen LogP contribution in [0.5, 0.6) is 0 Å². The molecule has 1 heteroatoms. The average Bonchev–Trinajstić information content (AvgIpc) is 2.18.